The first-order valence-electron chi connectivity index (χ1n) is 6.38. The average Bonchev–Trinajstić information content (AvgIpc) is 2.92. The topological polar surface area (TPSA) is 82.5 Å². The summed E-state index contributed by atoms with van der Waals surface area (Å²) in [5, 5.41) is 11.0. The molecule has 19 heavy (non-hydrogen) atoms. The molecule has 0 aliphatic carbocycles. The second-order valence-corrected chi connectivity index (χ2v) is 4.50. The largest absolute Gasteiger partial charge is 0.481 e. The highest BCUT2D eigenvalue weighted by Gasteiger charge is 2.14. The fourth-order valence-electron chi connectivity index (χ4n) is 2.04. The van der Waals surface area contributed by atoms with Crippen molar-refractivity contribution in [1.29, 1.82) is 0 Å². The van der Waals surface area contributed by atoms with Gasteiger partial charge in [0.25, 0.3) is 5.91 Å². The first-order chi connectivity index (χ1) is 9.16. The lowest BCUT2D eigenvalue weighted by atomic mass is 10.2. The lowest BCUT2D eigenvalue weighted by Gasteiger charge is -2.16. The molecule has 1 fully saturated rings. The summed E-state index contributed by atoms with van der Waals surface area (Å²) in [4.78, 5) is 28.5. The molecule has 0 bridgehead atoms. The van der Waals surface area contributed by atoms with E-state index in [2.05, 4.69) is 15.2 Å². The molecule has 1 amide bonds. The minimum Gasteiger partial charge on any atom is -0.481 e. The number of aromatic nitrogens is 1. The van der Waals surface area contributed by atoms with Gasteiger partial charge in [-0.15, -0.1) is 0 Å². The maximum Gasteiger partial charge on any atom is 0.305 e. The van der Waals surface area contributed by atoms with E-state index in [-0.39, 0.29) is 18.9 Å². The number of aliphatic carboxylic acids is 1. The summed E-state index contributed by atoms with van der Waals surface area (Å²) < 4.78 is 0. The Bertz CT molecular complexity index is 453. The SMILES string of the molecule is O=C(O)CCNC(=O)c1ccc(N2CCCC2)nc1. The van der Waals surface area contributed by atoms with Gasteiger partial charge in [-0.25, -0.2) is 4.98 Å². The molecule has 0 saturated carbocycles. The highest BCUT2D eigenvalue weighted by atomic mass is 16.4. The number of hydrogen-bond donors (Lipinski definition) is 2. The van der Waals surface area contributed by atoms with Crippen molar-refractivity contribution in [3.05, 3.63) is 23.9 Å². The zero-order valence-corrected chi connectivity index (χ0v) is 10.6. The van der Waals surface area contributed by atoms with E-state index < -0.39 is 5.97 Å². The van der Waals surface area contributed by atoms with Crippen LogP contribution in [0.3, 0.4) is 0 Å². The van der Waals surface area contributed by atoms with Crippen molar-refractivity contribution in [3.8, 4) is 0 Å². The number of carbonyl (C=O) groups excluding carboxylic acids is 1. The average molecular weight is 263 g/mol. The molecule has 1 aliphatic heterocycles. The molecule has 1 aromatic rings. The van der Waals surface area contributed by atoms with Gasteiger partial charge in [0.15, 0.2) is 0 Å². The second kappa shape index (κ2) is 6.17. The van der Waals surface area contributed by atoms with Gasteiger partial charge in [-0.3, -0.25) is 9.59 Å². The molecule has 0 aromatic carbocycles. The number of carboxylic acids is 1. The van der Waals surface area contributed by atoms with Gasteiger partial charge in [-0.05, 0) is 25.0 Å². The smallest absolute Gasteiger partial charge is 0.305 e. The van der Waals surface area contributed by atoms with Crippen LogP contribution in [0.25, 0.3) is 0 Å². The zero-order chi connectivity index (χ0) is 13.7. The van der Waals surface area contributed by atoms with Gasteiger partial charge in [0.1, 0.15) is 5.82 Å². The predicted octanol–water partition coefficient (Wildman–Crippen LogP) is 0.886. The fourth-order valence-corrected chi connectivity index (χ4v) is 2.04. The van der Waals surface area contributed by atoms with E-state index in [1.165, 1.54) is 19.0 Å². The number of hydrogen-bond acceptors (Lipinski definition) is 4. The van der Waals surface area contributed by atoms with Gasteiger partial charge in [0, 0.05) is 25.8 Å². The lowest BCUT2D eigenvalue weighted by molar-refractivity contribution is -0.136. The van der Waals surface area contributed by atoms with E-state index in [1.807, 2.05) is 6.07 Å². The molecule has 0 unspecified atom stereocenters. The zero-order valence-electron chi connectivity index (χ0n) is 10.6. The van der Waals surface area contributed by atoms with Gasteiger partial charge < -0.3 is 15.3 Å². The lowest BCUT2D eigenvalue weighted by Crippen LogP contribution is -2.26. The quantitative estimate of drug-likeness (QED) is 0.824. The highest BCUT2D eigenvalue weighted by molar-refractivity contribution is 5.94. The number of anilines is 1. The Morgan fingerprint density at radius 2 is 2.05 bits per heavy atom. The van der Waals surface area contributed by atoms with E-state index in [0.717, 1.165) is 18.9 Å². The van der Waals surface area contributed by atoms with Crippen LogP contribution in [0.2, 0.25) is 0 Å². The van der Waals surface area contributed by atoms with E-state index in [0.29, 0.717) is 5.56 Å². The standard InChI is InChI=1S/C13H17N3O3/c17-12(18)5-6-14-13(19)10-3-4-11(15-9-10)16-7-1-2-8-16/h3-4,9H,1-2,5-8H2,(H,14,19)(H,17,18). The summed E-state index contributed by atoms with van der Waals surface area (Å²) in [7, 11) is 0. The Morgan fingerprint density at radius 3 is 2.63 bits per heavy atom. The molecule has 0 spiro atoms. The van der Waals surface area contributed by atoms with Crippen LogP contribution < -0.4 is 10.2 Å². The number of pyridine rings is 1. The minimum absolute atomic E-state index is 0.0783. The van der Waals surface area contributed by atoms with Crippen LogP contribution in [0.4, 0.5) is 5.82 Å². The number of carboxylic acid groups (broad SMARTS) is 1. The number of nitrogens with zero attached hydrogens (tertiary/aromatic N) is 2. The van der Waals surface area contributed by atoms with Crippen molar-refractivity contribution in [2.45, 2.75) is 19.3 Å². The molecule has 2 heterocycles. The van der Waals surface area contributed by atoms with Gasteiger partial charge in [-0.2, -0.15) is 0 Å². The highest BCUT2D eigenvalue weighted by Crippen LogP contribution is 2.17. The van der Waals surface area contributed by atoms with Crippen LogP contribution in [0.15, 0.2) is 18.3 Å². The molecule has 6 nitrogen and oxygen atoms in total. The Hall–Kier alpha value is -2.11. The maximum absolute atomic E-state index is 11.7. The van der Waals surface area contributed by atoms with Crippen LogP contribution in [0.1, 0.15) is 29.6 Å². The molecule has 1 aliphatic rings. The molecule has 1 saturated heterocycles. The Labute approximate surface area is 111 Å². The normalized spacial score (nSPS) is 14.4. The third-order valence-electron chi connectivity index (χ3n) is 3.06. The number of nitrogens with one attached hydrogen (secondary N) is 1. The summed E-state index contributed by atoms with van der Waals surface area (Å²) in [5.41, 5.74) is 0.452. The van der Waals surface area contributed by atoms with E-state index in [1.54, 1.807) is 6.07 Å². The molecule has 1 aromatic heterocycles. The molecule has 2 N–H and O–H groups in total. The van der Waals surface area contributed by atoms with E-state index in [9.17, 15) is 9.59 Å². The summed E-state index contributed by atoms with van der Waals surface area (Å²) in [6.45, 7) is 2.15. The molecule has 0 radical (unpaired) electrons. The summed E-state index contributed by atoms with van der Waals surface area (Å²) >= 11 is 0. The van der Waals surface area contributed by atoms with Crippen molar-refractivity contribution < 1.29 is 14.7 Å². The first-order valence-corrected chi connectivity index (χ1v) is 6.38. The summed E-state index contributed by atoms with van der Waals surface area (Å²) in [6.07, 6.45) is 3.81. The predicted molar refractivity (Wildman–Crippen MR) is 70.3 cm³/mol. The van der Waals surface area contributed by atoms with Crippen molar-refractivity contribution >= 4 is 17.7 Å². The van der Waals surface area contributed by atoms with Gasteiger partial charge in [0.2, 0.25) is 0 Å². The van der Waals surface area contributed by atoms with Crippen molar-refractivity contribution in [2.75, 3.05) is 24.5 Å². The fraction of sp³-hybridized carbons (Fsp3) is 0.462. The van der Waals surface area contributed by atoms with Crippen LogP contribution in [0, 0.1) is 0 Å². The third-order valence-corrected chi connectivity index (χ3v) is 3.06. The van der Waals surface area contributed by atoms with E-state index in [4.69, 9.17) is 5.11 Å². The van der Waals surface area contributed by atoms with Crippen molar-refractivity contribution in [1.82, 2.24) is 10.3 Å². The Balaban J connectivity index is 1.90. The number of carbonyl (C=O) groups is 2. The van der Waals surface area contributed by atoms with Crippen LogP contribution in [0.5, 0.6) is 0 Å². The Kier molecular flexibility index (Phi) is 4.33. The van der Waals surface area contributed by atoms with Gasteiger partial charge in [0.05, 0.1) is 12.0 Å². The molecule has 6 heteroatoms. The van der Waals surface area contributed by atoms with Crippen LogP contribution in [-0.4, -0.2) is 41.6 Å². The molecule has 0 atom stereocenters. The van der Waals surface area contributed by atoms with Crippen molar-refractivity contribution in [2.24, 2.45) is 0 Å². The van der Waals surface area contributed by atoms with Crippen LogP contribution >= 0.6 is 0 Å². The minimum atomic E-state index is -0.928. The Morgan fingerprint density at radius 1 is 1.32 bits per heavy atom. The molecule has 2 rings (SSSR count). The first kappa shape index (κ1) is 13.3. The summed E-state index contributed by atoms with van der Waals surface area (Å²) in [5.74, 6) is -0.330. The van der Waals surface area contributed by atoms with Gasteiger partial charge in [-0.1, -0.05) is 0 Å². The van der Waals surface area contributed by atoms with Crippen LogP contribution in [-0.2, 0) is 4.79 Å². The number of rotatable bonds is 5. The monoisotopic (exact) mass is 263 g/mol. The molecular weight excluding hydrogens is 246 g/mol. The van der Waals surface area contributed by atoms with E-state index >= 15 is 0 Å². The maximum atomic E-state index is 11.7. The number of amides is 1. The third kappa shape index (κ3) is 3.67. The second-order valence-electron chi connectivity index (χ2n) is 4.50. The van der Waals surface area contributed by atoms with Gasteiger partial charge >= 0.3 is 5.97 Å². The van der Waals surface area contributed by atoms with Crippen molar-refractivity contribution in [3.63, 3.8) is 0 Å². The molecule has 102 valence electrons. The summed E-state index contributed by atoms with van der Waals surface area (Å²) in [6, 6.07) is 3.55. The molecular formula is C13H17N3O3.